The lowest BCUT2D eigenvalue weighted by molar-refractivity contribution is 0.0983. The van der Waals surface area contributed by atoms with E-state index in [1.807, 2.05) is 61.2 Å². The molecule has 3 nitrogen and oxygen atoms in total. The van der Waals surface area contributed by atoms with Gasteiger partial charge in [0.2, 0.25) is 0 Å². The summed E-state index contributed by atoms with van der Waals surface area (Å²) in [7, 11) is 0. The normalized spacial score (nSPS) is 17.5. The molecular weight excluding hydrogens is 260 g/mol. The van der Waals surface area contributed by atoms with Gasteiger partial charge in [-0.1, -0.05) is 36.4 Å². The minimum atomic E-state index is 0.0169. The summed E-state index contributed by atoms with van der Waals surface area (Å²) in [5, 5.41) is 0. The van der Waals surface area contributed by atoms with E-state index in [0.29, 0.717) is 6.54 Å². The van der Waals surface area contributed by atoms with Crippen LogP contribution in [0.5, 0.6) is 0 Å². The first-order chi connectivity index (χ1) is 10.1. The summed E-state index contributed by atoms with van der Waals surface area (Å²) in [5.74, 6) is 0.0740. The molecule has 1 atom stereocenters. The molecule has 1 heterocycles. The summed E-state index contributed by atoms with van der Waals surface area (Å²) < 4.78 is 0. The number of carbonyl (C=O) groups excluding carboxylic acids is 1. The molecule has 0 radical (unpaired) electrons. The van der Waals surface area contributed by atoms with Gasteiger partial charge in [0.1, 0.15) is 0 Å². The van der Waals surface area contributed by atoms with Gasteiger partial charge >= 0.3 is 0 Å². The van der Waals surface area contributed by atoms with Crippen molar-refractivity contribution in [3.63, 3.8) is 0 Å². The number of carbonyl (C=O) groups is 1. The molecule has 1 unspecified atom stereocenters. The molecule has 1 aliphatic rings. The fourth-order valence-electron chi connectivity index (χ4n) is 3.09. The third-order valence-electron chi connectivity index (χ3n) is 4.23. The minimum absolute atomic E-state index is 0.0169. The van der Waals surface area contributed by atoms with Crippen LogP contribution in [0.1, 0.15) is 39.5 Å². The van der Waals surface area contributed by atoms with Gasteiger partial charge in [0.25, 0.3) is 5.91 Å². The number of amides is 1. The van der Waals surface area contributed by atoms with Crippen molar-refractivity contribution >= 4 is 11.6 Å². The second kappa shape index (κ2) is 5.34. The molecule has 0 aliphatic carbocycles. The first-order valence-electron chi connectivity index (χ1n) is 7.32. The van der Waals surface area contributed by atoms with E-state index in [0.717, 1.165) is 34.4 Å². The Morgan fingerprint density at radius 2 is 1.76 bits per heavy atom. The predicted octanol–water partition coefficient (Wildman–Crippen LogP) is 3.35. The first kappa shape index (κ1) is 13.8. The van der Waals surface area contributed by atoms with Crippen molar-refractivity contribution in [3.05, 3.63) is 64.7 Å². The highest BCUT2D eigenvalue weighted by molar-refractivity contribution is 6.08. The van der Waals surface area contributed by atoms with Crippen LogP contribution in [-0.2, 0) is 0 Å². The van der Waals surface area contributed by atoms with Crippen molar-refractivity contribution < 1.29 is 4.79 Å². The van der Waals surface area contributed by atoms with Crippen molar-refractivity contribution in [2.45, 2.75) is 26.3 Å². The number of nitrogens with two attached hydrogens (primary N) is 1. The Morgan fingerprint density at radius 1 is 1.10 bits per heavy atom. The maximum atomic E-state index is 13.0. The lowest BCUT2D eigenvalue weighted by Gasteiger charge is -2.33. The smallest absolute Gasteiger partial charge is 0.258 e. The lowest BCUT2D eigenvalue weighted by atomic mass is 9.95. The number of hydrogen-bond acceptors (Lipinski definition) is 2. The number of rotatable bonds is 1. The van der Waals surface area contributed by atoms with Crippen LogP contribution in [0.25, 0.3) is 0 Å². The van der Waals surface area contributed by atoms with Crippen LogP contribution in [0.15, 0.2) is 42.5 Å². The zero-order chi connectivity index (χ0) is 15.0. The van der Waals surface area contributed by atoms with Crippen LogP contribution >= 0.6 is 0 Å². The maximum absolute atomic E-state index is 13.0. The quantitative estimate of drug-likeness (QED) is 0.870. The molecule has 1 amide bonds. The van der Waals surface area contributed by atoms with Crippen LogP contribution in [0.2, 0.25) is 0 Å². The highest BCUT2D eigenvalue weighted by Gasteiger charge is 2.28. The fraction of sp³-hybridized carbons (Fsp3) is 0.278. The van der Waals surface area contributed by atoms with E-state index in [4.69, 9.17) is 5.73 Å². The zero-order valence-electron chi connectivity index (χ0n) is 12.5. The van der Waals surface area contributed by atoms with Gasteiger partial charge in [-0.25, -0.2) is 0 Å². The number of aryl methyl sites for hydroxylation is 2. The Labute approximate surface area is 125 Å². The van der Waals surface area contributed by atoms with Crippen molar-refractivity contribution in [1.29, 1.82) is 0 Å². The molecule has 0 bridgehead atoms. The number of anilines is 1. The molecule has 2 aromatic rings. The molecule has 2 aromatic carbocycles. The molecule has 2 N–H and O–H groups in total. The van der Waals surface area contributed by atoms with Crippen molar-refractivity contribution in [3.8, 4) is 0 Å². The molecule has 0 spiro atoms. The van der Waals surface area contributed by atoms with Crippen molar-refractivity contribution in [2.24, 2.45) is 5.73 Å². The number of para-hydroxylation sites is 1. The lowest BCUT2D eigenvalue weighted by Crippen LogP contribution is -2.39. The summed E-state index contributed by atoms with van der Waals surface area (Å²) >= 11 is 0. The third kappa shape index (κ3) is 2.34. The van der Waals surface area contributed by atoms with Gasteiger partial charge in [-0.05, 0) is 43.0 Å². The predicted molar refractivity (Wildman–Crippen MR) is 85.6 cm³/mol. The molecule has 0 aromatic heterocycles. The van der Waals surface area contributed by atoms with Gasteiger partial charge in [0, 0.05) is 23.8 Å². The van der Waals surface area contributed by atoms with E-state index in [2.05, 4.69) is 0 Å². The molecule has 3 heteroatoms. The average Bonchev–Trinajstić information content (AvgIpc) is 2.47. The van der Waals surface area contributed by atoms with Crippen LogP contribution < -0.4 is 10.6 Å². The molecule has 108 valence electrons. The summed E-state index contributed by atoms with van der Waals surface area (Å²) in [6.07, 6.45) is 0.799. The number of fused-ring (bicyclic) bond motifs is 1. The monoisotopic (exact) mass is 280 g/mol. The topological polar surface area (TPSA) is 46.3 Å². The standard InChI is InChI=1S/C18H20N2O/c1-12-6-5-7-13(2)17(12)18(21)20-11-10-15(19)14-8-3-4-9-16(14)20/h3-9,15H,10-11,19H2,1-2H3. The number of benzene rings is 2. The molecule has 0 saturated carbocycles. The summed E-state index contributed by atoms with van der Waals surface area (Å²) in [6.45, 7) is 4.65. The van der Waals surface area contributed by atoms with E-state index >= 15 is 0 Å². The highest BCUT2D eigenvalue weighted by Crippen LogP contribution is 2.33. The Bertz CT molecular complexity index is 673. The van der Waals surface area contributed by atoms with Crippen LogP contribution in [0.3, 0.4) is 0 Å². The van der Waals surface area contributed by atoms with Gasteiger partial charge in [-0.2, -0.15) is 0 Å². The van der Waals surface area contributed by atoms with Gasteiger partial charge in [0.05, 0.1) is 0 Å². The van der Waals surface area contributed by atoms with Crippen LogP contribution in [0.4, 0.5) is 5.69 Å². The number of hydrogen-bond donors (Lipinski definition) is 1. The zero-order valence-corrected chi connectivity index (χ0v) is 12.5. The maximum Gasteiger partial charge on any atom is 0.258 e. The molecule has 21 heavy (non-hydrogen) atoms. The van der Waals surface area contributed by atoms with Gasteiger partial charge in [0.15, 0.2) is 0 Å². The molecule has 0 fully saturated rings. The molecule has 0 saturated heterocycles. The van der Waals surface area contributed by atoms with Crippen molar-refractivity contribution in [1.82, 2.24) is 0 Å². The SMILES string of the molecule is Cc1cccc(C)c1C(=O)N1CCC(N)c2ccccc21. The Morgan fingerprint density at radius 3 is 2.48 bits per heavy atom. The largest absolute Gasteiger partial charge is 0.324 e. The Kier molecular flexibility index (Phi) is 3.52. The highest BCUT2D eigenvalue weighted by atomic mass is 16.2. The minimum Gasteiger partial charge on any atom is -0.324 e. The molecular formula is C18H20N2O. The van der Waals surface area contributed by atoms with Crippen LogP contribution in [0, 0.1) is 13.8 Å². The second-order valence-electron chi connectivity index (χ2n) is 5.68. The van der Waals surface area contributed by atoms with Crippen LogP contribution in [-0.4, -0.2) is 12.5 Å². The van der Waals surface area contributed by atoms with E-state index in [9.17, 15) is 4.79 Å². The van der Waals surface area contributed by atoms with Gasteiger partial charge in [-0.15, -0.1) is 0 Å². The van der Waals surface area contributed by atoms with E-state index in [1.54, 1.807) is 0 Å². The van der Waals surface area contributed by atoms with Gasteiger partial charge < -0.3 is 10.6 Å². The Balaban J connectivity index is 2.06. The summed E-state index contributed by atoms with van der Waals surface area (Å²) in [6, 6.07) is 13.9. The number of nitrogens with zero attached hydrogens (tertiary/aromatic N) is 1. The average molecular weight is 280 g/mol. The summed E-state index contributed by atoms with van der Waals surface area (Å²) in [5.41, 5.74) is 11.0. The van der Waals surface area contributed by atoms with Crippen molar-refractivity contribution in [2.75, 3.05) is 11.4 Å². The third-order valence-corrected chi connectivity index (χ3v) is 4.23. The molecule has 1 aliphatic heterocycles. The van der Waals surface area contributed by atoms with E-state index in [-0.39, 0.29) is 11.9 Å². The fourth-order valence-corrected chi connectivity index (χ4v) is 3.09. The Hall–Kier alpha value is -2.13. The van der Waals surface area contributed by atoms with E-state index in [1.165, 1.54) is 0 Å². The summed E-state index contributed by atoms with van der Waals surface area (Å²) in [4.78, 5) is 14.9. The first-order valence-corrected chi connectivity index (χ1v) is 7.32. The second-order valence-corrected chi connectivity index (χ2v) is 5.68. The molecule has 3 rings (SSSR count). The van der Waals surface area contributed by atoms with E-state index < -0.39 is 0 Å². The van der Waals surface area contributed by atoms with Gasteiger partial charge in [-0.3, -0.25) is 4.79 Å².